The number of hydrogen-bond donors (Lipinski definition) is 1. The van der Waals surface area contributed by atoms with Crippen LogP contribution in [0.2, 0.25) is 0 Å². The Balaban J connectivity index is 2.14. The van der Waals surface area contributed by atoms with Gasteiger partial charge in [0.1, 0.15) is 17.6 Å². The second-order valence-corrected chi connectivity index (χ2v) is 4.15. The molecule has 1 atom stereocenters. The van der Waals surface area contributed by atoms with Crippen LogP contribution in [0.5, 0.6) is 11.5 Å². The normalized spacial score (nSPS) is 19.1. The van der Waals surface area contributed by atoms with E-state index in [4.69, 9.17) is 9.47 Å². The zero-order valence-corrected chi connectivity index (χ0v) is 10.1. The van der Waals surface area contributed by atoms with Crippen molar-refractivity contribution in [3.05, 3.63) is 35.9 Å². The Morgan fingerprint density at radius 1 is 1.41 bits per heavy atom. The molecule has 0 radical (unpaired) electrons. The van der Waals surface area contributed by atoms with E-state index in [1.54, 1.807) is 7.11 Å². The number of hydrogen-bond acceptors (Lipinski definition) is 3. The Kier molecular flexibility index (Phi) is 4.04. The fraction of sp³-hybridized carbons (Fsp3) is 0.429. The first-order chi connectivity index (χ1) is 8.33. The molecule has 0 aliphatic heterocycles. The van der Waals surface area contributed by atoms with E-state index in [0.717, 1.165) is 36.3 Å². The van der Waals surface area contributed by atoms with Gasteiger partial charge in [-0.05, 0) is 43.5 Å². The lowest BCUT2D eigenvalue weighted by molar-refractivity contribution is 0.216. The van der Waals surface area contributed by atoms with E-state index in [2.05, 4.69) is 12.2 Å². The smallest absolute Gasteiger partial charge is 0.125 e. The monoisotopic (exact) mass is 234 g/mol. The molecule has 0 spiro atoms. The number of aliphatic hydroxyl groups excluding tert-OH is 1. The number of methoxy groups -OCH3 is 1. The molecule has 0 bridgehead atoms. The Morgan fingerprint density at radius 3 is 2.94 bits per heavy atom. The summed E-state index contributed by atoms with van der Waals surface area (Å²) in [6, 6.07) is 5.51. The highest BCUT2D eigenvalue weighted by Gasteiger charge is 2.12. The van der Waals surface area contributed by atoms with Crippen molar-refractivity contribution in [3.63, 3.8) is 0 Å². The predicted molar refractivity (Wildman–Crippen MR) is 66.3 cm³/mol. The van der Waals surface area contributed by atoms with Crippen molar-refractivity contribution in [1.82, 2.24) is 0 Å². The lowest BCUT2D eigenvalue weighted by Crippen LogP contribution is -2.16. The lowest BCUT2D eigenvalue weighted by atomic mass is 10.1. The Hall–Kier alpha value is -1.48. The summed E-state index contributed by atoms with van der Waals surface area (Å²) < 4.78 is 11.0. The van der Waals surface area contributed by atoms with Gasteiger partial charge in [-0.2, -0.15) is 0 Å². The van der Waals surface area contributed by atoms with E-state index >= 15 is 0 Å². The van der Waals surface area contributed by atoms with Crippen molar-refractivity contribution in [2.45, 2.75) is 32.0 Å². The van der Waals surface area contributed by atoms with Crippen LogP contribution < -0.4 is 9.47 Å². The summed E-state index contributed by atoms with van der Waals surface area (Å²) in [7, 11) is 1.61. The predicted octanol–water partition coefficient (Wildman–Crippen LogP) is 2.68. The average Bonchev–Trinajstić information content (AvgIpc) is 2.40. The van der Waals surface area contributed by atoms with Gasteiger partial charge in [0.15, 0.2) is 0 Å². The van der Waals surface area contributed by atoms with E-state index in [-0.39, 0.29) is 12.7 Å². The Morgan fingerprint density at radius 2 is 2.29 bits per heavy atom. The van der Waals surface area contributed by atoms with Crippen LogP contribution in [0.25, 0.3) is 0 Å². The molecule has 3 nitrogen and oxygen atoms in total. The molecule has 3 heteroatoms. The average molecular weight is 234 g/mol. The molecule has 0 amide bonds. The van der Waals surface area contributed by atoms with Crippen molar-refractivity contribution in [2.24, 2.45) is 0 Å². The standard InChI is InChI=1S/C14H18O3/c1-16-13-7-8-14(11(9-13)10-15)17-12-5-3-2-4-6-12/h3,5,7-9,12,15H,2,4,6,10H2,1H3. The molecule has 17 heavy (non-hydrogen) atoms. The molecule has 1 aromatic rings. The molecule has 92 valence electrons. The molecular weight excluding hydrogens is 216 g/mol. The van der Waals surface area contributed by atoms with Gasteiger partial charge >= 0.3 is 0 Å². The third kappa shape index (κ3) is 3.01. The van der Waals surface area contributed by atoms with Gasteiger partial charge in [-0.15, -0.1) is 0 Å². The summed E-state index contributed by atoms with van der Waals surface area (Å²) in [4.78, 5) is 0. The SMILES string of the molecule is COc1ccc(OC2C=CCCC2)c(CO)c1. The van der Waals surface area contributed by atoms with Crippen molar-refractivity contribution < 1.29 is 14.6 Å². The van der Waals surface area contributed by atoms with Crippen LogP contribution in [0.15, 0.2) is 30.4 Å². The fourth-order valence-electron chi connectivity index (χ4n) is 1.96. The van der Waals surface area contributed by atoms with Crippen LogP contribution in [0.1, 0.15) is 24.8 Å². The van der Waals surface area contributed by atoms with E-state index < -0.39 is 0 Å². The third-order valence-corrected chi connectivity index (χ3v) is 2.93. The highest BCUT2D eigenvalue weighted by Crippen LogP contribution is 2.27. The molecule has 2 rings (SSSR count). The number of benzene rings is 1. The van der Waals surface area contributed by atoms with Gasteiger partial charge in [0, 0.05) is 5.56 Å². The second kappa shape index (κ2) is 5.73. The first-order valence-corrected chi connectivity index (χ1v) is 5.94. The summed E-state index contributed by atoms with van der Waals surface area (Å²) in [5.41, 5.74) is 0.767. The molecule has 0 heterocycles. The van der Waals surface area contributed by atoms with Crippen LogP contribution in [-0.2, 0) is 6.61 Å². The molecule has 0 saturated heterocycles. The Labute approximate surface area is 102 Å². The maximum atomic E-state index is 9.31. The lowest BCUT2D eigenvalue weighted by Gasteiger charge is -2.20. The van der Waals surface area contributed by atoms with Crippen LogP contribution in [-0.4, -0.2) is 18.3 Å². The zero-order valence-electron chi connectivity index (χ0n) is 10.1. The van der Waals surface area contributed by atoms with Gasteiger partial charge in [-0.1, -0.05) is 6.08 Å². The van der Waals surface area contributed by atoms with E-state index in [1.807, 2.05) is 18.2 Å². The zero-order chi connectivity index (χ0) is 12.1. The maximum absolute atomic E-state index is 9.31. The highest BCUT2D eigenvalue weighted by atomic mass is 16.5. The van der Waals surface area contributed by atoms with Gasteiger partial charge in [-0.3, -0.25) is 0 Å². The number of aliphatic hydroxyl groups is 1. The van der Waals surface area contributed by atoms with Gasteiger partial charge < -0.3 is 14.6 Å². The molecule has 1 aliphatic rings. The minimum atomic E-state index is -0.0387. The third-order valence-electron chi connectivity index (χ3n) is 2.93. The van der Waals surface area contributed by atoms with Crippen LogP contribution in [0.3, 0.4) is 0 Å². The minimum Gasteiger partial charge on any atom is -0.497 e. The quantitative estimate of drug-likeness (QED) is 0.814. The van der Waals surface area contributed by atoms with E-state index in [9.17, 15) is 5.11 Å². The summed E-state index contributed by atoms with van der Waals surface area (Å²) in [6.07, 6.45) is 7.70. The van der Waals surface area contributed by atoms with Crippen molar-refractivity contribution in [2.75, 3.05) is 7.11 Å². The molecule has 0 aromatic heterocycles. The maximum Gasteiger partial charge on any atom is 0.125 e. The summed E-state index contributed by atoms with van der Waals surface area (Å²) >= 11 is 0. The number of ether oxygens (including phenoxy) is 2. The largest absolute Gasteiger partial charge is 0.497 e. The molecular formula is C14H18O3. The van der Waals surface area contributed by atoms with Crippen molar-refractivity contribution >= 4 is 0 Å². The van der Waals surface area contributed by atoms with Gasteiger partial charge in [0.25, 0.3) is 0 Å². The van der Waals surface area contributed by atoms with Gasteiger partial charge in [0.2, 0.25) is 0 Å². The Bertz CT molecular complexity index is 398. The van der Waals surface area contributed by atoms with E-state index in [0.29, 0.717) is 0 Å². The topological polar surface area (TPSA) is 38.7 Å². The molecule has 1 aromatic carbocycles. The van der Waals surface area contributed by atoms with Crippen molar-refractivity contribution in [3.8, 4) is 11.5 Å². The molecule has 1 aliphatic carbocycles. The van der Waals surface area contributed by atoms with Crippen LogP contribution >= 0.6 is 0 Å². The molecule has 1 unspecified atom stereocenters. The fourth-order valence-corrected chi connectivity index (χ4v) is 1.96. The van der Waals surface area contributed by atoms with Gasteiger partial charge in [0.05, 0.1) is 13.7 Å². The second-order valence-electron chi connectivity index (χ2n) is 4.15. The van der Waals surface area contributed by atoms with Crippen molar-refractivity contribution in [1.29, 1.82) is 0 Å². The van der Waals surface area contributed by atoms with Gasteiger partial charge in [-0.25, -0.2) is 0 Å². The van der Waals surface area contributed by atoms with E-state index in [1.165, 1.54) is 0 Å². The molecule has 0 fully saturated rings. The molecule has 0 saturated carbocycles. The first-order valence-electron chi connectivity index (χ1n) is 5.94. The number of rotatable bonds is 4. The summed E-state index contributed by atoms with van der Waals surface area (Å²) in [5, 5.41) is 9.31. The highest BCUT2D eigenvalue weighted by molar-refractivity contribution is 5.40. The van der Waals surface area contributed by atoms with Crippen LogP contribution in [0, 0.1) is 0 Å². The van der Waals surface area contributed by atoms with Crippen LogP contribution in [0.4, 0.5) is 0 Å². The summed E-state index contributed by atoms with van der Waals surface area (Å²) in [5.74, 6) is 1.48. The first kappa shape index (κ1) is 12.0. The molecule has 1 N–H and O–H groups in total. The number of allylic oxidation sites excluding steroid dienone is 1. The minimum absolute atomic E-state index is 0.0387. The summed E-state index contributed by atoms with van der Waals surface area (Å²) in [6.45, 7) is -0.0387.